The SMILES string of the molecule is CN(C)CC(C)(C)CNCC(=O)OC(C)(C)C. The van der Waals surface area contributed by atoms with Gasteiger partial charge in [0.25, 0.3) is 0 Å². The van der Waals surface area contributed by atoms with Gasteiger partial charge in [0.1, 0.15) is 5.60 Å². The number of rotatable bonds is 6. The van der Waals surface area contributed by atoms with Gasteiger partial charge in [-0.1, -0.05) is 13.8 Å². The summed E-state index contributed by atoms with van der Waals surface area (Å²) >= 11 is 0. The average Bonchev–Trinajstić information content (AvgIpc) is 1.95. The fourth-order valence-corrected chi connectivity index (χ4v) is 1.79. The van der Waals surface area contributed by atoms with E-state index in [4.69, 9.17) is 4.74 Å². The van der Waals surface area contributed by atoms with Gasteiger partial charge in [0.2, 0.25) is 0 Å². The van der Waals surface area contributed by atoms with Crippen molar-refractivity contribution in [2.45, 2.75) is 40.2 Å². The maximum Gasteiger partial charge on any atom is 0.320 e. The van der Waals surface area contributed by atoms with Crippen LogP contribution in [0.5, 0.6) is 0 Å². The Morgan fingerprint density at radius 3 is 2.12 bits per heavy atom. The molecule has 0 radical (unpaired) electrons. The molecule has 4 nitrogen and oxygen atoms in total. The van der Waals surface area contributed by atoms with E-state index in [-0.39, 0.29) is 17.9 Å². The molecular weight excluding hydrogens is 216 g/mol. The molecule has 0 unspecified atom stereocenters. The Labute approximate surface area is 106 Å². The van der Waals surface area contributed by atoms with Gasteiger partial charge in [0.15, 0.2) is 0 Å². The van der Waals surface area contributed by atoms with Crippen LogP contribution >= 0.6 is 0 Å². The number of hydrogen-bond donors (Lipinski definition) is 1. The first kappa shape index (κ1) is 16.4. The second-order valence-corrected chi connectivity index (χ2v) is 6.59. The molecule has 0 aromatic heterocycles. The van der Waals surface area contributed by atoms with E-state index >= 15 is 0 Å². The minimum absolute atomic E-state index is 0.144. The molecule has 0 aromatic carbocycles. The van der Waals surface area contributed by atoms with E-state index in [1.54, 1.807) is 0 Å². The van der Waals surface area contributed by atoms with Crippen LogP contribution in [-0.4, -0.2) is 50.2 Å². The average molecular weight is 244 g/mol. The molecule has 0 aliphatic rings. The third-order valence-electron chi connectivity index (χ3n) is 2.04. The topological polar surface area (TPSA) is 41.6 Å². The van der Waals surface area contributed by atoms with Crippen molar-refractivity contribution in [1.29, 1.82) is 0 Å². The number of ether oxygens (including phenoxy) is 1. The molecule has 0 heterocycles. The first-order valence-electron chi connectivity index (χ1n) is 6.09. The van der Waals surface area contributed by atoms with Crippen LogP contribution in [0.3, 0.4) is 0 Å². The number of carbonyl (C=O) groups is 1. The van der Waals surface area contributed by atoms with Crippen molar-refractivity contribution in [2.75, 3.05) is 33.7 Å². The van der Waals surface area contributed by atoms with Crippen molar-refractivity contribution in [3.63, 3.8) is 0 Å². The van der Waals surface area contributed by atoms with E-state index < -0.39 is 5.60 Å². The molecule has 0 saturated heterocycles. The molecular formula is C13H28N2O2. The van der Waals surface area contributed by atoms with E-state index in [0.717, 1.165) is 13.1 Å². The van der Waals surface area contributed by atoms with Gasteiger partial charge in [0.05, 0.1) is 6.54 Å². The van der Waals surface area contributed by atoms with Gasteiger partial charge in [-0.2, -0.15) is 0 Å². The van der Waals surface area contributed by atoms with Gasteiger partial charge >= 0.3 is 5.97 Å². The lowest BCUT2D eigenvalue weighted by molar-refractivity contribution is -0.153. The molecule has 17 heavy (non-hydrogen) atoms. The Hall–Kier alpha value is -0.610. The Bertz CT molecular complexity index is 242. The lowest BCUT2D eigenvalue weighted by atomic mass is 9.93. The van der Waals surface area contributed by atoms with Gasteiger partial charge in [-0.15, -0.1) is 0 Å². The highest BCUT2D eigenvalue weighted by atomic mass is 16.6. The lowest BCUT2D eigenvalue weighted by Gasteiger charge is -2.28. The van der Waals surface area contributed by atoms with E-state index in [1.807, 2.05) is 20.8 Å². The van der Waals surface area contributed by atoms with Crippen LogP contribution in [0.2, 0.25) is 0 Å². The van der Waals surface area contributed by atoms with Crippen molar-refractivity contribution in [2.24, 2.45) is 5.41 Å². The molecule has 0 aromatic rings. The summed E-state index contributed by atoms with van der Waals surface area (Å²) in [6.07, 6.45) is 0. The zero-order chi connectivity index (χ0) is 13.7. The second-order valence-electron chi connectivity index (χ2n) is 6.59. The minimum Gasteiger partial charge on any atom is -0.459 e. The molecule has 0 aliphatic heterocycles. The van der Waals surface area contributed by atoms with Gasteiger partial charge in [-0.25, -0.2) is 0 Å². The molecule has 0 fully saturated rings. The zero-order valence-electron chi connectivity index (χ0n) is 12.4. The Kier molecular flexibility index (Phi) is 6.13. The normalized spacial score (nSPS) is 12.9. The number of nitrogens with one attached hydrogen (secondary N) is 1. The number of carbonyl (C=O) groups excluding carboxylic acids is 1. The van der Waals surface area contributed by atoms with Gasteiger partial charge < -0.3 is 15.0 Å². The summed E-state index contributed by atoms with van der Waals surface area (Å²) in [6, 6.07) is 0. The molecule has 0 spiro atoms. The largest absolute Gasteiger partial charge is 0.459 e. The van der Waals surface area contributed by atoms with E-state index in [9.17, 15) is 4.79 Å². The summed E-state index contributed by atoms with van der Waals surface area (Å²) in [5.41, 5.74) is -0.260. The van der Waals surface area contributed by atoms with E-state index in [0.29, 0.717) is 0 Å². The first-order chi connectivity index (χ1) is 7.52. The summed E-state index contributed by atoms with van der Waals surface area (Å²) in [7, 11) is 4.10. The predicted molar refractivity (Wildman–Crippen MR) is 71.0 cm³/mol. The first-order valence-corrected chi connectivity index (χ1v) is 6.09. The molecule has 0 bridgehead atoms. The number of hydrogen-bond acceptors (Lipinski definition) is 4. The molecule has 102 valence electrons. The van der Waals surface area contributed by atoms with E-state index in [1.165, 1.54) is 0 Å². The summed E-state index contributed by atoms with van der Waals surface area (Å²) in [5.74, 6) is -0.196. The fourth-order valence-electron chi connectivity index (χ4n) is 1.79. The fraction of sp³-hybridized carbons (Fsp3) is 0.923. The molecule has 0 aliphatic carbocycles. The van der Waals surface area contributed by atoms with Crippen molar-refractivity contribution in [1.82, 2.24) is 10.2 Å². The monoisotopic (exact) mass is 244 g/mol. The van der Waals surface area contributed by atoms with Gasteiger partial charge in [0, 0.05) is 13.1 Å². The Morgan fingerprint density at radius 2 is 1.71 bits per heavy atom. The number of esters is 1. The van der Waals surface area contributed by atoms with Gasteiger partial charge in [-0.05, 0) is 40.3 Å². The summed E-state index contributed by atoms with van der Waals surface area (Å²) in [5, 5.41) is 3.15. The quantitative estimate of drug-likeness (QED) is 0.719. The summed E-state index contributed by atoms with van der Waals surface area (Å²) < 4.78 is 5.22. The Balaban J connectivity index is 3.87. The standard InChI is InChI=1S/C13H28N2O2/c1-12(2,3)17-11(16)8-14-9-13(4,5)10-15(6)7/h14H,8-10H2,1-7H3. The highest BCUT2D eigenvalue weighted by molar-refractivity contribution is 5.72. The highest BCUT2D eigenvalue weighted by Crippen LogP contribution is 2.14. The number of nitrogens with zero attached hydrogens (tertiary/aromatic N) is 1. The lowest BCUT2D eigenvalue weighted by Crippen LogP contribution is -2.40. The molecule has 0 saturated carbocycles. The van der Waals surface area contributed by atoms with Crippen molar-refractivity contribution >= 4 is 5.97 Å². The molecule has 4 heteroatoms. The summed E-state index contributed by atoms with van der Waals surface area (Å²) in [6.45, 7) is 12.0. The third kappa shape index (κ3) is 10.3. The van der Waals surface area contributed by atoms with Crippen LogP contribution < -0.4 is 5.32 Å². The molecule has 0 amide bonds. The van der Waals surface area contributed by atoms with Crippen LogP contribution in [0.25, 0.3) is 0 Å². The van der Waals surface area contributed by atoms with Crippen LogP contribution in [0, 0.1) is 5.41 Å². The molecule has 1 N–H and O–H groups in total. The van der Waals surface area contributed by atoms with Crippen molar-refractivity contribution in [3.8, 4) is 0 Å². The minimum atomic E-state index is -0.405. The maximum atomic E-state index is 11.5. The van der Waals surface area contributed by atoms with Crippen LogP contribution in [0.4, 0.5) is 0 Å². The smallest absolute Gasteiger partial charge is 0.320 e. The third-order valence-corrected chi connectivity index (χ3v) is 2.04. The Morgan fingerprint density at radius 1 is 1.18 bits per heavy atom. The van der Waals surface area contributed by atoms with Crippen LogP contribution in [0.15, 0.2) is 0 Å². The highest BCUT2D eigenvalue weighted by Gasteiger charge is 2.20. The zero-order valence-corrected chi connectivity index (χ0v) is 12.4. The van der Waals surface area contributed by atoms with E-state index in [2.05, 4.69) is 38.2 Å². The van der Waals surface area contributed by atoms with Crippen LogP contribution in [-0.2, 0) is 9.53 Å². The molecule has 0 rings (SSSR count). The second kappa shape index (κ2) is 6.36. The predicted octanol–water partition coefficient (Wildman–Crippen LogP) is 1.51. The summed E-state index contributed by atoms with van der Waals surface area (Å²) in [4.78, 5) is 13.6. The van der Waals surface area contributed by atoms with Crippen molar-refractivity contribution < 1.29 is 9.53 Å². The van der Waals surface area contributed by atoms with Crippen molar-refractivity contribution in [3.05, 3.63) is 0 Å². The molecule has 0 atom stereocenters. The van der Waals surface area contributed by atoms with Crippen LogP contribution in [0.1, 0.15) is 34.6 Å². The maximum absolute atomic E-state index is 11.5. The van der Waals surface area contributed by atoms with Gasteiger partial charge in [-0.3, -0.25) is 4.79 Å².